The zero-order chi connectivity index (χ0) is 17.4. The van der Waals surface area contributed by atoms with E-state index in [-0.39, 0.29) is 5.91 Å². The van der Waals surface area contributed by atoms with Crippen LogP contribution in [0.3, 0.4) is 0 Å². The van der Waals surface area contributed by atoms with Crippen molar-refractivity contribution in [2.45, 2.75) is 12.8 Å². The number of methoxy groups -OCH3 is 1. The predicted molar refractivity (Wildman–Crippen MR) is 97.2 cm³/mol. The van der Waals surface area contributed by atoms with Crippen molar-refractivity contribution in [3.05, 3.63) is 58.1 Å². The second kappa shape index (κ2) is 9.52. The Morgan fingerprint density at radius 1 is 1.08 bits per heavy atom. The van der Waals surface area contributed by atoms with Gasteiger partial charge in [0.2, 0.25) is 5.91 Å². The first kappa shape index (κ1) is 18.6. The van der Waals surface area contributed by atoms with Crippen LogP contribution in [0.25, 0.3) is 0 Å². The van der Waals surface area contributed by atoms with Crippen LogP contribution in [0.1, 0.15) is 12.0 Å². The van der Waals surface area contributed by atoms with Gasteiger partial charge in [-0.15, -0.1) is 0 Å². The fourth-order valence-corrected chi connectivity index (χ4v) is 2.58. The topological polar surface area (TPSA) is 47.6 Å². The first-order valence-corrected chi connectivity index (χ1v) is 8.29. The van der Waals surface area contributed by atoms with Crippen LogP contribution in [0.2, 0.25) is 10.0 Å². The highest BCUT2D eigenvalue weighted by molar-refractivity contribution is 6.35. The molecule has 24 heavy (non-hydrogen) atoms. The third-order valence-electron chi connectivity index (χ3n) is 3.33. The van der Waals surface area contributed by atoms with Crippen molar-refractivity contribution in [3.8, 4) is 5.75 Å². The van der Waals surface area contributed by atoms with E-state index in [4.69, 9.17) is 32.7 Å². The quantitative estimate of drug-likeness (QED) is 0.694. The Kier molecular flexibility index (Phi) is 7.37. The van der Waals surface area contributed by atoms with Crippen LogP contribution < -0.4 is 10.1 Å². The monoisotopic (exact) mass is 367 g/mol. The van der Waals surface area contributed by atoms with Gasteiger partial charge in [0.1, 0.15) is 12.4 Å². The van der Waals surface area contributed by atoms with Crippen LogP contribution in [0.4, 0.5) is 5.69 Å². The maximum Gasteiger partial charge on any atom is 0.224 e. The molecule has 0 atom stereocenters. The lowest BCUT2D eigenvalue weighted by atomic mass is 10.1. The molecule has 6 heteroatoms. The molecule has 0 radical (unpaired) electrons. The number of nitrogens with one attached hydrogen (secondary N) is 1. The average Bonchev–Trinajstić information content (AvgIpc) is 2.56. The van der Waals surface area contributed by atoms with E-state index >= 15 is 0 Å². The average molecular weight is 368 g/mol. The van der Waals surface area contributed by atoms with Crippen molar-refractivity contribution in [1.82, 2.24) is 0 Å². The van der Waals surface area contributed by atoms with Gasteiger partial charge in [-0.3, -0.25) is 4.79 Å². The molecule has 0 aliphatic heterocycles. The van der Waals surface area contributed by atoms with Crippen LogP contribution in [0.15, 0.2) is 42.5 Å². The van der Waals surface area contributed by atoms with Crippen molar-refractivity contribution in [2.75, 3.05) is 25.6 Å². The lowest BCUT2D eigenvalue weighted by molar-refractivity contribution is -0.116. The summed E-state index contributed by atoms with van der Waals surface area (Å²) in [6, 6.07) is 12.5. The zero-order valence-corrected chi connectivity index (χ0v) is 14.9. The highest BCUT2D eigenvalue weighted by atomic mass is 35.5. The maximum atomic E-state index is 12.0. The van der Waals surface area contributed by atoms with Crippen LogP contribution in [-0.4, -0.2) is 26.2 Å². The van der Waals surface area contributed by atoms with Gasteiger partial charge < -0.3 is 14.8 Å². The zero-order valence-electron chi connectivity index (χ0n) is 13.4. The molecule has 2 aromatic carbocycles. The number of anilines is 1. The van der Waals surface area contributed by atoms with Gasteiger partial charge in [0.15, 0.2) is 0 Å². The van der Waals surface area contributed by atoms with E-state index in [1.54, 1.807) is 43.5 Å². The summed E-state index contributed by atoms with van der Waals surface area (Å²) in [6.45, 7) is 1.02. The highest BCUT2D eigenvalue weighted by Gasteiger charge is 2.06. The predicted octanol–water partition coefficient (Wildman–Crippen LogP) is 4.59. The number of hydrogen-bond donors (Lipinski definition) is 1. The van der Waals surface area contributed by atoms with Crippen molar-refractivity contribution >= 4 is 34.8 Å². The normalized spacial score (nSPS) is 10.5. The molecule has 0 saturated heterocycles. The molecule has 0 spiro atoms. The summed E-state index contributed by atoms with van der Waals surface area (Å²) in [4.78, 5) is 12.0. The van der Waals surface area contributed by atoms with E-state index in [0.29, 0.717) is 36.1 Å². The second-order valence-electron chi connectivity index (χ2n) is 5.15. The van der Waals surface area contributed by atoms with Crippen molar-refractivity contribution in [2.24, 2.45) is 0 Å². The summed E-state index contributed by atoms with van der Waals surface area (Å²) >= 11 is 12.0. The molecule has 1 amide bonds. The number of carbonyl (C=O) groups excluding carboxylic acids is 1. The molecule has 2 rings (SSSR count). The molecule has 4 nitrogen and oxygen atoms in total. The van der Waals surface area contributed by atoms with Gasteiger partial charge in [-0.1, -0.05) is 29.3 Å². The summed E-state index contributed by atoms with van der Waals surface area (Å²) in [5, 5.41) is 4.01. The van der Waals surface area contributed by atoms with Gasteiger partial charge in [-0.05, 0) is 48.4 Å². The fraction of sp³-hybridized carbons (Fsp3) is 0.278. The number of carbonyl (C=O) groups is 1. The Hall–Kier alpha value is -1.75. The number of ether oxygens (including phenoxy) is 2. The summed E-state index contributed by atoms with van der Waals surface area (Å²) in [7, 11) is 1.62. The molecule has 0 unspecified atom stereocenters. The molecule has 0 aliphatic carbocycles. The Bertz CT molecular complexity index is 674. The number of rotatable bonds is 8. The summed E-state index contributed by atoms with van der Waals surface area (Å²) in [5.41, 5.74) is 1.62. The molecule has 0 fully saturated rings. The maximum absolute atomic E-state index is 12.0. The minimum absolute atomic E-state index is 0.0749. The number of amides is 1. The Labute approximate surface area is 151 Å². The first-order chi connectivity index (χ1) is 11.6. The first-order valence-electron chi connectivity index (χ1n) is 7.54. The minimum Gasteiger partial charge on any atom is -0.491 e. The number of benzene rings is 2. The standard InChI is InChI=1S/C18H19Cl2NO3/c1-23-10-11-24-16-7-5-15(6-8-16)21-18(22)9-3-13-2-4-14(19)12-17(13)20/h2,4-8,12H,3,9-11H2,1H3,(H,21,22). The Morgan fingerprint density at radius 3 is 2.50 bits per heavy atom. The third kappa shape index (κ3) is 6.04. The number of hydrogen-bond acceptors (Lipinski definition) is 3. The van der Waals surface area contributed by atoms with Gasteiger partial charge in [0, 0.05) is 29.3 Å². The molecule has 0 saturated carbocycles. The summed E-state index contributed by atoms with van der Waals surface area (Å²) < 4.78 is 10.4. The molecular weight excluding hydrogens is 349 g/mol. The molecule has 0 heterocycles. The van der Waals surface area contributed by atoms with Crippen LogP contribution in [0, 0.1) is 0 Å². The third-order valence-corrected chi connectivity index (χ3v) is 3.92. The van der Waals surface area contributed by atoms with E-state index < -0.39 is 0 Å². The second-order valence-corrected chi connectivity index (χ2v) is 5.99. The lowest BCUT2D eigenvalue weighted by Crippen LogP contribution is -2.12. The molecule has 0 aromatic heterocycles. The van der Waals surface area contributed by atoms with E-state index in [2.05, 4.69) is 5.32 Å². The van der Waals surface area contributed by atoms with Gasteiger partial charge in [0.25, 0.3) is 0 Å². The van der Waals surface area contributed by atoms with Crippen molar-refractivity contribution < 1.29 is 14.3 Å². The lowest BCUT2D eigenvalue weighted by Gasteiger charge is -2.09. The molecule has 0 aliphatic rings. The Balaban J connectivity index is 1.81. The Morgan fingerprint density at radius 2 is 1.83 bits per heavy atom. The summed E-state index contributed by atoms with van der Waals surface area (Å²) in [6.07, 6.45) is 0.896. The van der Waals surface area contributed by atoms with Crippen molar-refractivity contribution in [1.29, 1.82) is 0 Å². The van der Waals surface area contributed by atoms with E-state index in [1.165, 1.54) is 0 Å². The SMILES string of the molecule is COCCOc1ccc(NC(=O)CCc2ccc(Cl)cc2Cl)cc1. The van der Waals surface area contributed by atoms with Gasteiger partial charge in [0.05, 0.1) is 6.61 Å². The van der Waals surface area contributed by atoms with Crippen LogP contribution in [-0.2, 0) is 16.0 Å². The van der Waals surface area contributed by atoms with E-state index in [1.807, 2.05) is 6.07 Å². The molecule has 0 bridgehead atoms. The minimum atomic E-state index is -0.0749. The molecule has 1 N–H and O–H groups in total. The van der Waals surface area contributed by atoms with Crippen molar-refractivity contribution in [3.63, 3.8) is 0 Å². The molecule has 128 valence electrons. The number of aryl methyl sites for hydroxylation is 1. The molecular formula is C18H19Cl2NO3. The smallest absolute Gasteiger partial charge is 0.224 e. The fourth-order valence-electron chi connectivity index (χ4n) is 2.07. The van der Waals surface area contributed by atoms with Gasteiger partial charge >= 0.3 is 0 Å². The highest BCUT2D eigenvalue weighted by Crippen LogP contribution is 2.22. The number of halogens is 2. The van der Waals surface area contributed by atoms with Gasteiger partial charge in [-0.25, -0.2) is 0 Å². The van der Waals surface area contributed by atoms with E-state index in [9.17, 15) is 4.79 Å². The van der Waals surface area contributed by atoms with Crippen LogP contribution >= 0.6 is 23.2 Å². The summed E-state index contributed by atoms with van der Waals surface area (Å²) in [5.74, 6) is 0.659. The van der Waals surface area contributed by atoms with Gasteiger partial charge in [-0.2, -0.15) is 0 Å². The van der Waals surface area contributed by atoms with Crippen LogP contribution in [0.5, 0.6) is 5.75 Å². The largest absolute Gasteiger partial charge is 0.491 e. The van der Waals surface area contributed by atoms with E-state index in [0.717, 1.165) is 17.0 Å². The molecule has 2 aromatic rings.